The summed E-state index contributed by atoms with van der Waals surface area (Å²) in [7, 11) is 0. The molecule has 5 aliphatic rings. The van der Waals surface area contributed by atoms with Crippen molar-refractivity contribution in [3.8, 4) is 0 Å². The van der Waals surface area contributed by atoms with Gasteiger partial charge in [0, 0.05) is 16.7 Å². The summed E-state index contributed by atoms with van der Waals surface area (Å²) < 4.78 is 5.92. The van der Waals surface area contributed by atoms with Gasteiger partial charge in [-0.15, -0.1) is 0 Å². The highest BCUT2D eigenvalue weighted by atomic mass is 16.5. The van der Waals surface area contributed by atoms with Crippen molar-refractivity contribution in [1.82, 2.24) is 5.32 Å². The number of nitrogens with one attached hydrogen (secondary N) is 1. The molecule has 0 radical (unpaired) electrons. The summed E-state index contributed by atoms with van der Waals surface area (Å²) in [4.78, 5) is 62.7. The first-order valence-electron chi connectivity index (χ1n) is 16.9. The maximum Gasteiger partial charge on any atom is 0.322 e. The molecule has 0 bridgehead atoms. The zero-order chi connectivity index (χ0) is 33.4. The van der Waals surface area contributed by atoms with Crippen LogP contribution < -0.4 is 5.32 Å². The van der Waals surface area contributed by atoms with Crippen LogP contribution in [0, 0.1) is 50.2 Å². The van der Waals surface area contributed by atoms with Gasteiger partial charge in [0.25, 0.3) is 0 Å². The molecule has 45 heavy (non-hydrogen) atoms. The maximum absolute atomic E-state index is 14.6. The Morgan fingerprint density at radius 3 is 2.18 bits per heavy atom. The monoisotopic (exact) mass is 627 g/mol. The lowest BCUT2D eigenvalue weighted by atomic mass is 9.33. The van der Waals surface area contributed by atoms with Crippen molar-refractivity contribution < 1.29 is 38.9 Å². The van der Waals surface area contributed by atoms with Gasteiger partial charge in [-0.3, -0.25) is 24.0 Å². The quantitative estimate of drug-likeness (QED) is 0.294. The van der Waals surface area contributed by atoms with E-state index in [2.05, 4.69) is 46.9 Å². The van der Waals surface area contributed by atoms with Gasteiger partial charge in [-0.2, -0.15) is 0 Å². The Labute approximate surface area is 267 Å². The largest absolute Gasteiger partial charge is 0.481 e. The lowest BCUT2D eigenvalue weighted by Crippen LogP contribution is -2.67. The number of hydrogen-bond donors (Lipinski definition) is 3. The lowest BCUT2D eigenvalue weighted by Gasteiger charge is -2.70. The standard InChI is InChI=1S/C36H53NO8/c1-31(2)24-10-13-36(7)29(34(24,5)12-11-25(31)45-28(43)9-8-26(39)40)23(38)18-21-22-19-33(4,30(44)37-20-27(41)42)15-14-32(22,3)16-17-35(21,36)6/h18,22,24-25,29H,8-17,19-20H2,1-7H3,(H,37,44)(H,39,40)(H,41,42)/t22-,24-,25-,29+,32+,33-,34-,35+,36+/m0/s1. The number of allylic oxidation sites excluding steroid dienone is 2. The number of aliphatic carboxylic acids is 2. The first-order chi connectivity index (χ1) is 20.7. The molecule has 0 heterocycles. The van der Waals surface area contributed by atoms with Crippen LogP contribution in [-0.2, 0) is 28.7 Å². The minimum Gasteiger partial charge on any atom is -0.481 e. The molecule has 0 spiro atoms. The average molecular weight is 628 g/mol. The van der Waals surface area contributed by atoms with Gasteiger partial charge in [0.2, 0.25) is 5.91 Å². The van der Waals surface area contributed by atoms with E-state index in [9.17, 15) is 24.0 Å². The maximum atomic E-state index is 14.6. The Kier molecular flexibility index (Phi) is 8.18. The first-order valence-corrected chi connectivity index (χ1v) is 16.9. The predicted octanol–water partition coefficient (Wildman–Crippen LogP) is 5.94. The number of rotatable bonds is 7. The van der Waals surface area contributed by atoms with Gasteiger partial charge in [0.15, 0.2) is 5.78 Å². The third kappa shape index (κ3) is 5.15. The van der Waals surface area contributed by atoms with Crippen molar-refractivity contribution in [2.24, 2.45) is 50.2 Å². The van der Waals surface area contributed by atoms with Gasteiger partial charge >= 0.3 is 17.9 Å². The molecule has 9 heteroatoms. The van der Waals surface area contributed by atoms with Crippen molar-refractivity contribution in [2.75, 3.05) is 6.54 Å². The SMILES string of the molecule is CC1(C)[C@@H](OC(=O)CCC(=O)O)CC[C@]2(C)[C@H]3C(=O)C=C4[C@@H]5C[C@@](C)(C(=O)NCC(=O)O)CC[C@]5(C)CC[C@@]4(C)[C@]3(C)CC[C@@H]12. The van der Waals surface area contributed by atoms with Crippen LogP contribution in [0.4, 0.5) is 0 Å². The van der Waals surface area contributed by atoms with Gasteiger partial charge in [-0.05, 0) is 97.4 Å². The van der Waals surface area contributed by atoms with Crippen molar-refractivity contribution in [3.05, 3.63) is 11.6 Å². The summed E-state index contributed by atoms with van der Waals surface area (Å²) in [5, 5.41) is 20.8. The number of ketones is 1. The molecule has 0 saturated heterocycles. The molecule has 4 fully saturated rings. The Bertz CT molecular complexity index is 1340. The Morgan fingerprint density at radius 1 is 0.867 bits per heavy atom. The molecule has 5 aliphatic carbocycles. The number of carboxylic acid groups (broad SMARTS) is 2. The van der Waals surface area contributed by atoms with Crippen LogP contribution in [0.3, 0.4) is 0 Å². The van der Waals surface area contributed by atoms with Crippen molar-refractivity contribution >= 4 is 29.6 Å². The van der Waals surface area contributed by atoms with Gasteiger partial charge in [-0.25, -0.2) is 0 Å². The highest BCUT2D eigenvalue weighted by Crippen LogP contribution is 2.75. The number of amides is 1. The minimum absolute atomic E-state index is 0.0208. The predicted molar refractivity (Wildman–Crippen MR) is 167 cm³/mol. The Hall–Kier alpha value is -2.71. The number of carbonyl (C=O) groups excluding carboxylic acids is 3. The molecular weight excluding hydrogens is 574 g/mol. The fourth-order valence-corrected chi connectivity index (χ4v) is 11.4. The van der Waals surface area contributed by atoms with Gasteiger partial charge in [0.05, 0.1) is 12.8 Å². The number of esters is 1. The highest BCUT2D eigenvalue weighted by Gasteiger charge is 2.70. The molecule has 0 aromatic rings. The smallest absolute Gasteiger partial charge is 0.322 e. The second-order valence-electron chi connectivity index (χ2n) is 17.1. The fourth-order valence-electron chi connectivity index (χ4n) is 11.4. The molecule has 0 aliphatic heterocycles. The van der Waals surface area contributed by atoms with Gasteiger partial charge in [0.1, 0.15) is 12.6 Å². The van der Waals surface area contributed by atoms with Crippen molar-refractivity contribution in [1.29, 1.82) is 0 Å². The number of carbonyl (C=O) groups is 5. The first kappa shape index (κ1) is 33.6. The molecule has 3 N–H and O–H groups in total. The van der Waals surface area contributed by atoms with Gasteiger partial charge < -0.3 is 20.3 Å². The molecule has 4 saturated carbocycles. The molecule has 1 amide bonds. The normalized spacial score (nSPS) is 43.4. The topological polar surface area (TPSA) is 147 Å². The molecular formula is C36H53NO8. The lowest BCUT2D eigenvalue weighted by molar-refractivity contribution is -0.211. The average Bonchev–Trinajstić information content (AvgIpc) is 2.94. The zero-order valence-corrected chi connectivity index (χ0v) is 28.2. The van der Waals surface area contributed by atoms with E-state index in [1.54, 1.807) is 0 Å². The molecule has 5 rings (SSSR count). The van der Waals surface area contributed by atoms with Crippen LogP contribution >= 0.6 is 0 Å². The van der Waals surface area contributed by atoms with E-state index in [0.29, 0.717) is 19.3 Å². The Balaban J connectivity index is 1.46. The molecule has 9 nitrogen and oxygen atoms in total. The van der Waals surface area contributed by atoms with E-state index in [-0.39, 0.29) is 75.5 Å². The summed E-state index contributed by atoms with van der Waals surface area (Å²) in [5.41, 5.74) is -0.690. The minimum atomic E-state index is -1.06. The highest BCUT2D eigenvalue weighted by molar-refractivity contribution is 5.96. The third-order valence-electron chi connectivity index (χ3n) is 14.3. The number of carboxylic acids is 2. The number of hydrogen-bond acceptors (Lipinski definition) is 6. The number of ether oxygens (including phenoxy) is 1. The Morgan fingerprint density at radius 2 is 1.53 bits per heavy atom. The van der Waals surface area contributed by atoms with Crippen LogP contribution in [0.1, 0.15) is 119 Å². The summed E-state index contributed by atoms with van der Waals surface area (Å²) in [6.07, 6.45) is 8.59. The number of fused-ring (bicyclic) bond motifs is 7. The van der Waals surface area contributed by atoms with Crippen LogP contribution in [0.2, 0.25) is 0 Å². The molecule has 0 aromatic carbocycles. The van der Waals surface area contributed by atoms with Crippen molar-refractivity contribution in [3.63, 3.8) is 0 Å². The molecule has 0 aromatic heterocycles. The van der Waals surface area contributed by atoms with Crippen LogP contribution in [0.5, 0.6) is 0 Å². The second kappa shape index (κ2) is 10.9. The van der Waals surface area contributed by atoms with Gasteiger partial charge in [-0.1, -0.05) is 54.0 Å². The fraction of sp³-hybridized carbons (Fsp3) is 0.806. The van der Waals surface area contributed by atoms with Crippen molar-refractivity contribution in [2.45, 2.75) is 125 Å². The van der Waals surface area contributed by atoms with Crippen LogP contribution in [0.25, 0.3) is 0 Å². The molecule has 9 atom stereocenters. The van der Waals surface area contributed by atoms with Crippen LogP contribution in [-0.4, -0.2) is 52.5 Å². The van der Waals surface area contributed by atoms with E-state index in [4.69, 9.17) is 14.9 Å². The molecule has 0 unspecified atom stereocenters. The van der Waals surface area contributed by atoms with E-state index in [0.717, 1.165) is 38.5 Å². The summed E-state index contributed by atoms with van der Waals surface area (Å²) >= 11 is 0. The van der Waals surface area contributed by atoms with E-state index in [1.165, 1.54) is 5.57 Å². The summed E-state index contributed by atoms with van der Waals surface area (Å²) in [6, 6.07) is 0. The third-order valence-corrected chi connectivity index (χ3v) is 14.3. The summed E-state index contributed by atoms with van der Waals surface area (Å²) in [6.45, 7) is 15.1. The molecule has 250 valence electrons. The second-order valence-corrected chi connectivity index (χ2v) is 17.1. The zero-order valence-electron chi connectivity index (χ0n) is 28.2. The van der Waals surface area contributed by atoms with E-state index >= 15 is 0 Å². The van der Waals surface area contributed by atoms with E-state index in [1.807, 2.05) is 13.0 Å². The summed E-state index contributed by atoms with van der Waals surface area (Å²) in [5.74, 6) is -2.56. The van der Waals surface area contributed by atoms with Crippen LogP contribution in [0.15, 0.2) is 11.6 Å². The van der Waals surface area contributed by atoms with E-state index < -0.39 is 29.9 Å².